The van der Waals surface area contributed by atoms with Crippen LogP contribution in [0, 0.1) is 5.82 Å². The molecule has 5 heteroatoms. The summed E-state index contributed by atoms with van der Waals surface area (Å²) in [5.74, 6) is -0.637. The Morgan fingerprint density at radius 1 is 0.958 bits per heavy atom. The van der Waals surface area contributed by atoms with Crippen molar-refractivity contribution in [2.24, 2.45) is 0 Å². The highest BCUT2D eigenvalue weighted by Gasteiger charge is 2.06. The lowest BCUT2D eigenvalue weighted by molar-refractivity contribution is 0.102. The number of rotatable bonds is 5. The minimum Gasteiger partial charge on any atom is -0.381 e. The van der Waals surface area contributed by atoms with Gasteiger partial charge < -0.3 is 10.6 Å². The first kappa shape index (κ1) is 15.7. The zero-order valence-electron chi connectivity index (χ0n) is 12.9. The van der Waals surface area contributed by atoms with E-state index in [0.29, 0.717) is 17.8 Å². The molecule has 0 fully saturated rings. The van der Waals surface area contributed by atoms with Crippen LogP contribution in [-0.2, 0) is 6.54 Å². The van der Waals surface area contributed by atoms with E-state index in [4.69, 9.17) is 0 Å². The fourth-order valence-electron chi connectivity index (χ4n) is 2.18. The van der Waals surface area contributed by atoms with Gasteiger partial charge in [-0.05, 0) is 60.2 Å². The normalized spacial score (nSPS) is 10.2. The fourth-order valence-corrected chi connectivity index (χ4v) is 2.18. The summed E-state index contributed by atoms with van der Waals surface area (Å²) in [7, 11) is 0. The summed E-state index contributed by atoms with van der Waals surface area (Å²) in [6.07, 6.45) is 3.55. The summed E-state index contributed by atoms with van der Waals surface area (Å²) in [5.41, 5.74) is 3.12. The Bertz CT molecular complexity index is 802. The maximum atomic E-state index is 12.9. The van der Waals surface area contributed by atoms with Gasteiger partial charge in [0.05, 0.1) is 0 Å². The van der Waals surface area contributed by atoms with Crippen molar-refractivity contribution in [3.63, 3.8) is 0 Å². The third-order valence-electron chi connectivity index (χ3n) is 3.47. The van der Waals surface area contributed by atoms with Crippen LogP contribution in [0.3, 0.4) is 0 Å². The Kier molecular flexibility index (Phi) is 4.81. The molecule has 24 heavy (non-hydrogen) atoms. The van der Waals surface area contributed by atoms with E-state index in [-0.39, 0.29) is 11.7 Å². The molecule has 2 N–H and O–H groups in total. The zero-order valence-corrected chi connectivity index (χ0v) is 12.9. The highest BCUT2D eigenvalue weighted by molar-refractivity contribution is 6.04. The topological polar surface area (TPSA) is 54.0 Å². The first-order valence-corrected chi connectivity index (χ1v) is 7.50. The molecule has 0 aliphatic heterocycles. The average Bonchev–Trinajstić information content (AvgIpc) is 2.62. The van der Waals surface area contributed by atoms with Crippen molar-refractivity contribution in [1.29, 1.82) is 0 Å². The maximum absolute atomic E-state index is 12.9. The average molecular weight is 321 g/mol. The van der Waals surface area contributed by atoms with Crippen LogP contribution in [0.1, 0.15) is 15.9 Å². The summed E-state index contributed by atoms with van der Waals surface area (Å²) >= 11 is 0. The van der Waals surface area contributed by atoms with Crippen molar-refractivity contribution in [1.82, 2.24) is 4.98 Å². The number of carbonyl (C=O) groups excluding carboxylic acids is 1. The summed E-state index contributed by atoms with van der Waals surface area (Å²) in [6.45, 7) is 0.676. The number of halogens is 1. The van der Waals surface area contributed by atoms with Crippen molar-refractivity contribution in [3.05, 3.63) is 90.0 Å². The molecule has 120 valence electrons. The molecule has 3 aromatic rings. The van der Waals surface area contributed by atoms with Crippen LogP contribution in [0.2, 0.25) is 0 Å². The van der Waals surface area contributed by atoms with E-state index in [1.54, 1.807) is 6.20 Å². The monoisotopic (exact) mass is 321 g/mol. The predicted molar refractivity (Wildman–Crippen MR) is 92.4 cm³/mol. The Hall–Kier alpha value is -3.21. The maximum Gasteiger partial charge on any atom is 0.255 e. The van der Waals surface area contributed by atoms with Gasteiger partial charge in [-0.25, -0.2) is 4.39 Å². The minimum absolute atomic E-state index is 0.272. The molecule has 0 spiro atoms. The molecule has 1 aromatic heterocycles. The molecule has 2 aromatic carbocycles. The van der Waals surface area contributed by atoms with Crippen molar-refractivity contribution in [2.75, 3.05) is 10.6 Å². The molecule has 0 aliphatic rings. The number of amides is 1. The van der Waals surface area contributed by atoms with Crippen LogP contribution < -0.4 is 10.6 Å². The highest BCUT2D eigenvalue weighted by atomic mass is 19.1. The second-order valence-electron chi connectivity index (χ2n) is 5.25. The van der Waals surface area contributed by atoms with Gasteiger partial charge >= 0.3 is 0 Å². The lowest BCUT2D eigenvalue weighted by Crippen LogP contribution is -2.11. The summed E-state index contributed by atoms with van der Waals surface area (Å²) in [6, 6.07) is 16.7. The number of benzene rings is 2. The van der Waals surface area contributed by atoms with E-state index in [2.05, 4.69) is 15.6 Å². The van der Waals surface area contributed by atoms with Gasteiger partial charge in [0, 0.05) is 35.9 Å². The van der Waals surface area contributed by atoms with Crippen molar-refractivity contribution in [3.8, 4) is 0 Å². The van der Waals surface area contributed by atoms with Crippen LogP contribution in [0.4, 0.5) is 15.8 Å². The Balaban J connectivity index is 1.58. The fraction of sp³-hybridized carbons (Fsp3) is 0.0526. The molecule has 0 saturated heterocycles. The standard InChI is InChI=1S/C19H16FN3O/c20-16-5-3-15(4-6-16)19(24)23-18-9-7-17(8-10-18)22-13-14-2-1-11-21-12-14/h1-12,22H,13H2,(H,23,24). The van der Waals surface area contributed by atoms with Gasteiger partial charge in [0.25, 0.3) is 5.91 Å². The van der Waals surface area contributed by atoms with Crippen LogP contribution in [0.25, 0.3) is 0 Å². The summed E-state index contributed by atoms with van der Waals surface area (Å²) in [5, 5.41) is 6.06. The molecule has 0 saturated carbocycles. The molecule has 0 atom stereocenters. The van der Waals surface area contributed by atoms with E-state index in [0.717, 1.165) is 11.3 Å². The first-order valence-electron chi connectivity index (χ1n) is 7.50. The van der Waals surface area contributed by atoms with Gasteiger partial charge in [-0.15, -0.1) is 0 Å². The molecule has 1 heterocycles. The number of anilines is 2. The van der Waals surface area contributed by atoms with E-state index in [9.17, 15) is 9.18 Å². The summed E-state index contributed by atoms with van der Waals surface area (Å²) in [4.78, 5) is 16.1. The predicted octanol–water partition coefficient (Wildman–Crippen LogP) is 4.09. The number of hydrogen-bond donors (Lipinski definition) is 2. The first-order chi connectivity index (χ1) is 11.7. The van der Waals surface area contributed by atoms with Gasteiger partial charge in [-0.3, -0.25) is 9.78 Å². The summed E-state index contributed by atoms with van der Waals surface area (Å²) < 4.78 is 12.9. The lowest BCUT2D eigenvalue weighted by atomic mass is 10.2. The van der Waals surface area contributed by atoms with Crippen molar-refractivity contribution in [2.45, 2.75) is 6.54 Å². The SMILES string of the molecule is O=C(Nc1ccc(NCc2cccnc2)cc1)c1ccc(F)cc1. The van der Waals surface area contributed by atoms with E-state index in [1.165, 1.54) is 24.3 Å². The van der Waals surface area contributed by atoms with E-state index >= 15 is 0 Å². The highest BCUT2D eigenvalue weighted by Crippen LogP contribution is 2.15. The lowest BCUT2D eigenvalue weighted by Gasteiger charge is -2.09. The number of hydrogen-bond acceptors (Lipinski definition) is 3. The molecule has 3 rings (SSSR count). The van der Waals surface area contributed by atoms with Gasteiger partial charge in [0.2, 0.25) is 0 Å². The van der Waals surface area contributed by atoms with Crippen LogP contribution in [0.15, 0.2) is 73.1 Å². The second kappa shape index (κ2) is 7.37. The van der Waals surface area contributed by atoms with Crippen LogP contribution >= 0.6 is 0 Å². The van der Waals surface area contributed by atoms with Gasteiger partial charge in [-0.1, -0.05) is 6.07 Å². The van der Waals surface area contributed by atoms with Crippen molar-refractivity contribution >= 4 is 17.3 Å². The minimum atomic E-state index is -0.365. The number of pyridine rings is 1. The smallest absolute Gasteiger partial charge is 0.255 e. The Labute approximate surface area is 139 Å². The Morgan fingerprint density at radius 3 is 2.33 bits per heavy atom. The van der Waals surface area contributed by atoms with E-state index in [1.807, 2.05) is 42.6 Å². The third kappa shape index (κ3) is 4.16. The van der Waals surface area contributed by atoms with Gasteiger partial charge in [0.15, 0.2) is 0 Å². The largest absolute Gasteiger partial charge is 0.381 e. The molecular weight excluding hydrogens is 305 g/mol. The number of nitrogens with zero attached hydrogens (tertiary/aromatic N) is 1. The number of aromatic nitrogens is 1. The molecule has 0 bridgehead atoms. The van der Waals surface area contributed by atoms with Crippen LogP contribution in [-0.4, -0.2) is 10.9 Å². The van der Waals surface area contributed by atoms with E-state index < -0.39 is 0 Å². The quantitative estimate of drug-likeness (QED) is 0.744. The molecule has 4 nitrogen and oxygen atoms in total. The molecule has 0 unspecified atom stereocenters. The number of carbonyl (C=O) groups is 1. The zero-order chi connectivity index (χ0) is 16.8. The molecule has 0 aliphatic carbocycles. The second-order valence-corrected chi connectivity index (χ2v) is 5.25. The number of nitrogens with one attached hydrogen (secondary N) is 2. The Morgan fingerprint density at radius 2 is 1.67 bits per heavy atom. The molecular formula is C19H16FN3O. The third-order valence-corrected chi connectivity index (χ3v) is 3.47. The van der Waals surface area contributed by atoms with Gasteiger partial charge in [0.1, 0.15) is 5.82 Å². The molecule has 1 amide bonds. The van der Waals surface area contributed by atoms with Crippen LogP contribution in [0.5, 0.6) is 0 Å². The van der Waals surface area contributed by atoms with Gasteiger partial charge in [-0.2, -0.15) is 0 Å². The molecule has 0 radical (unpaired) electrons. The van der Waals surface area contributed by atoms with Crippen molar-refractivity contribution < 1.29 is 9.18 Å².